The van der Waals surface area contributed by atoms with E-state index < -0.39 is 21.4 Å². The second-order valence-corrected chi connectivity index (χ2v) is 11.4. The fourth-order valence-electron chi connectivity index (χ4n) is 4.75. The molecule has 4 heterocycles. The average Bonchev–Trinajstić information content (AvgIpc) is 3.32. The lowest BCUT2D eigenvalue weighted by molar-refractivity contribution is -0.125. The SMILES string of the molecule is Cc1cnc(C(=O)N2CCN(C(=O)C3=NOC4(CCN(S(=O)(=O)c5ccc(F)cc5)CC4)C3)CC2)cn1. The maximum Gasteiger partial charge on any atom is 0.274 e. The summed E-state index contributed by atoms with van der Waals surface area (Å²) in [6, 6.07) is 4.75. The predicted octanol–water partition coefficient (Wildman–Crippen LogP) is 1.21. The number of carbonyl (C=O) groups is 2. The van der Waals surface area contributed by atoms with Gasteiger partial charge in [-0.15, -0.1) is 0 Å². The third-order valence-corrected chi connectivity index (χ3v) is 8.94. The van der Waals surface area contributed by atoms with Gasteiger partial charge in [0.15, 0.2) is 0 Å². The molecule has 2 amide bonds. The summed E-state index contributed by atoms with van der Waals surface area (Å²) in [5.41, 5.74) is 0.582. The lowest BCUT2D eigenvalue weighted by atomic mass is 9.87. The van der Waals surface area contributed by atoms with Gasteiger partial charge in [-0.25, -0.2) is 17.8 Å². The fourth-order valence-corrected chi connectivity index (χ4v) is 6.20. The molecule has 1 aromatic heterocycles. The van der Waals surface area contributed by atoms with Gasteiger partial charge in [0, 0.05) is 64.7 Å². The molecule has 0 N–H and O–H groups in total. The van der Waals surface area contributed by atoms with E-state index in [9.17, 15) is 22.4 Å². The van der Waals surface area contributed by atoms with E-state index in [0.717, 1.165) is 17.8 Å². The van der Waals surface area contributed by atoms with Gasteiger partial charge in [-0.1, -0.05) is 5.16 Å². The number of oxime groups is 1. The normalized spacial score (nSPS) is 20.0. The minimum absolute atomic E-state index is 0.0383. The zero-order valence-electron chi connectivity index (χ0n) is 20.3. The molecule has 0 bridgehead atoms. The van der Waals surface area contributed by atoms with Gasteiger partial charge in [0.25, 0.3) is 11.8 Å². The van der Waals surface area contributed by atoms with E-state index in [4.69, 9.17) is 4.84 Å². The minimum atomic E-state index is -3.75. The molecule has 2 saturated heterocycles. The molecule has 0 atom stereocenters. The number of piperidine rings is 1. The van der Waals surface area contributed by atoms with Crippen molar-refractivity contribution in [1.29, 1.82) is 0 Å². The van der Waals surface area contributed by atoms with Gasteiger partial charge in [0.2, 0.25) is 10.0 Å². The fraction of sp³-hybridized carbons (Fsp3) is 0.458. The number of aryl methyl sites for hydroxylation is 1. The summed E-state index contributed by atoms with van der Waals surface area (Å²) >= 11 is 0. The van der Waals surface area contributed by atoms with Crippen molar-refractivity contribution in [2.75, 3.05) is 39.3 Å². The summed E-state index contributed by atoms with van der Waals surface area (Å²) in [5.74, 6) is -0.957. The molecular formula is C24H27FN6O5S. The third kappa shape index (κ3) is 5.05. The molecule has 1 spiro atoms. The number of nitrogens with zero attached hydrogens (tertiary/aromatic N) is 6. The van der Waals surface area contributed by atoms with Gasteiger partial charge in [0.1, 0.15) is 22.8 Å². The first kappa shape index (κ1) is 25.2. The maximum absolute atomic E-state index is 13.2. The number of piperazine rings is 1. The van der Waals surface area contributed by atoms with Crippen LogP contribution in [-0.2, 0) is 19.7 Å². The number of amides is 2. The average molecular weight is 531 g/mol. The quantitative estimate of drug-likeness (QED) is 0.582. The smallest absolute Gasteiger partial charge is 0.274 e. The summed E-state index contributed by atoms with van der Waals surface area (Å²) in [7, 11) is -3.75. The molecule has 2 aromatic rings. The summed E-state index contributed by atoms with van der Waals surface area (Å²) in [4.78, 5) is 43.1. The highest BCUT2D eigenvalue weighted by Crippen LogP contribution is 2.36. The molecule has 37 heavy (non-hydrogen) atoms. The van der Waals surface area contributed by atoms with E-state index in [1.165, 1.54) is 22.6 Å². The van der Waals surface area contributed by atoms with E-state index in [-0.39, 0.29) is 35.5 Å². The summed E-state index contributed by atoms with van der Waals surface area (Å²) < 4.78 is 40.3. The number of aromatic nitrogens is 2. The van der Waals surface area contributed by atoms with E-state index in [0.29, 0.717) is 51.2 Å². The largest absolute Gasteiger partial charge is 0.388 e. The van der Waals surface area contributed by atoms with Crippen molar-refractivity contribution in [1.82, 2.24) is 24.1 Å². The van der Waals surface area contributed by atoms with Crippen LogP contribution < -0.4 is 0 Å². The predicted molar refractivity (Wildman–Crippen MR) is 130 cm³/mol. The second kappa shape index (κ2) is 9.78. The van der Waals surface area contributed by atoms with Crippen LogP contribution in [0.5, 0.6) is 0 Å². The topological polar surface area (TPSA) is 125 Å². The molecule has 0 radical (unpaired) electrons. The first-order valence-corrected chi connectivity index (χ1v) is 13.5. The first-order valence-electron chi connectivity index (χ1n) is 12.0. The molecule has 5 rings (SSSR count). The van der Waals surface area contributed by atoms with Crippen LogP contribution in [0.15, 0.2) is 46.7 Å². The van der Waals surface area contributed by atoms with E-state index in [1.54, 1.807) is 22.9 Å². The third-order valence-electron chi connectivity index (χ3n) is 7.03. The number of rotatable bonds is 4. The van der Waals surface area contributed by atoms with Crippen LogP contribution in [0.25, 0.3) is 0 Å². The van der Waals surface area contributed by atoms with Crippen molar-refractivity contribution in [2.45, 2.75) is 36.7 Å². The Hall–Kier alpha value is -3.45. The second-order valence-electron chi connectivity index (χ2n) is 9.47. The Kier molecular flexibility index (Phi) is 6.67. The van der Waals surface area contributed by atoms with Crippen LogP contribution in [0, 0.1) is 12.7 Å². The highest BCUT2D eigenvalue weighted by atomic mass is 32.2. The molecule has 11 nitrogen and oxygen atoms in total. The number of carbonyl (C=O) groups excluding carboxylic acids is 2. The van der Waals surface area contributed by atoms with Gasteiger partial charge in [0.05, 0.1) is 16.8 Å². The molecule has 2 fully saturated rings. The zero-order chi connectivity index (χ0) is 26.2. The Bertz CT molecular complexity index is 1320. The highest BCUT2D eigenvalue weighted by molar-refractivity contribution is 7.89. The Morgan fingerprint density at radius 2 is 1.54 bits per heavy atom. The molecule has 0 aliphatic carbocycles. The number of hydrogen-bond acceptors (Lipinski definition) is 8. The molecule has 13 heteroatoms. The zero-order valence-corrected chi connectivity index (χ0v) is 21.2. The molecule has 1 aromatic carbocycles. The van der Waals surface area contributed by atoms with Crippen molar-refractivity contribution in [2.24, 2.45) is 5.16 Å². The lowest BCUT2D eigenvalue weighted by Gasteiger charge is -2.37. The molecule has 196 valence electrons. The molecular weight excluding hydrogens is 503 g/mol. The van der Waals surface area contributed by atoms with Crippen LogP contribution in [-0.4, -0.2) is 94.9 Å². The molecule has 0 unspecified atom stereocenters. The van der Waals surface area contributed by atoms with Crippen LogP contribution in [0.1, 0.15) is 35.4 Å². The Morgan fingerprint density at radius 3 is 2.14 bits per heavy atom. The van der Waals surface area contributed by atoms with Gasteiger partial charge in [-0.2, -0.15) is 4.31 Å². The van der Waals surface area contributed by atoms with E-state index in [1.807, 2.05) is 0 Å². The highest BCUT2D eigenvalue weighted by Gasteiger charge is 2.46. The van der Waals surface area contributed by atoms with Crippen LogP contribution >= 0.6 is 0 Å². The number of hydrogen-bond donors (Lipinski definition) is 0. The number of sulfonamides is 1. The summed E-state index contributed by atoms with van der Waals surface area (Å²) in [6.07, 6.45) is 4.06. The summed E-state index contributed by atoms with van der Waals surface area (Å²) in [5, 5.41) is 4.07. The molecule has 3 aliphatic heterocycles. The Labute approximate surface area is 214 Å². The Balaban J connectivity index is 1.13. The summed E-state index contributed by atoms with van der Waals surface area (Å²) in [6.45, 7) is 3.67. The van der Waals surface area contributed by atoms with Crippen LogP contribution in [0.2, 0.25) is 0 Å². The Morgan fingerprint density at radius 1 is 0.919 bits per heavy atom. The number of benzene rings is 1. The van der Waals surface area contributed by atoms with Gasteiger partial charge in [-0.05, 0) is 31.2 Å². The standard InChI is InChI=1S/C24H27FN6O5S/c1-17-15-27-21(16-26-17)23(33)30-12-10-29(11-13-30)22(32)20-14-24(36-28-20)6-8-31(9-7-24)37(34,35)19-4-2-18(25)3-5-19/h2-5,15-16H,6-14H2,1H3. The van der Waals surface area contributed by atoms with Gasteiger partial charge in [-0.3, -0.25) is 14.6 Å². The minimum Gasteiger partial charge on any atom is -0.388 e. The van der Waals surface area contributed by atoms with Gasteiger partial charge < -0.3 is 14.6 Å². The van der Waals surface area contributed by atoms with Crippen molar-refractivity contribution < 1.29 is 27.2 Å². The number of halogens is 1. The monoisotopic (exact) mass is 530 g/mol. The van der Waals surface area contributed by atoms with Crippen molar-refractivity contribution >= 4 is 27.5 Å². The maximum atomic E-state index is 13.2. The van der Waals surface area contributed by atoms with Gasteiger partial charge >= 0.3 is 0 Å². The van der Waals surface area contributed by atoms with Crippen molar-refractivity contribution in [3.63, 3.8) is 0 Å². The lowest BCUT2D eigenvalue weighted by Crippen LogP contribution is -2.52. The molecule has 3 aliphatic rings. The van der Waals surface area contributed by atoms with E-state index >= 15 is 0 Å². The van der Waals surface area contributed by atoms with Crippen LogP contribution in [0.4, 0.5) is 4.39 Å². The molecule has 0 saturated carbocycles. The van der Waals surface area contributed by atoms with Crippen molar-refractivity contribution in [3.05, 3.63) is 53.9 Å². The van der Waals surface area contributed by atoms with Crippen molar-refractivity contribution in [3.8, 4) is 0 Å². The first-order chi connectivity index (χ1) is 17.7. The van der Waals surface area contributed by atoms with E-state index in [2.05, 4.69) is 15.1 Å². The van der Waals surface area contributed by atoms with Crippen LogP contribution in [0.3, 0.4) is 0 Å².